The van der Waals surface area contributed by atoms with Crippen LogP contribution in [0.5, 0.6) is 11.5 Å². The maximum atomic E-state index is 13.7. The molecule has 0 spiro atoms. The number of amides is 1. The first-order valence-electron chi connectivity index (χ1n) is 12.0. The summed E-state index contributed by atoms with van der Waals surface area (Å²) in [6.45, 7) is 2.74. The Morgan fingerprint density at radius 1 is 0.974 bits per heavy atom. The van der Waals surface area contributed by atoms with Gasteiger partial charge in [-0.1, -0.05) is 22.0 Å². The van der Waals surface area contributed by atoms with E-state index in [0.717, 1.165) is 20.5 Å². The van der Waals surface area contributed by atoms with E-state index < -0.39 is 10.0 Å². The largest absolute Gasteiger partial charge is 0.493 e. The van der Waals surface area contributed by atoms with Crippen molar-refractivity contribution in [2.45, 2.75) is 24.8 Å². The summed E-state index contributed by atoms with van der Waals surface area (Å²) in [5.41, 5.74) is 2.07. The summed E-state index contributed by atoms with van der Waals surface area (Å²) < 4.78 is 44.7. The number of carbonyl (C=O) groups excluding carboxylic acids is 1. The van der Waals surface area contributed by atoms with Crippen LogP contribution in [0, 0.1) is 6.92 Å². The first-order chi connectivity index (χ1) is 18.2. The summed E-state index contributed by atoms with van der Waals surface area (Å²) >= 11 is 4.91. The third-order valence-electron chi connectivity index (χ3n) is 6.08. The maximum Gasteiger partial charge on any atom is 0.243 e. The van der Waals surface area contributed by atoms with Crippen LogP contribution in [-0.4, -0.2) is 71.1 Å². The third kappa shape index (κ3) is 7.79. The molecule has 3 rings (SSSR count). The molecule has 0 aliphatic heterocycles. The van der Waals surface area contributed by atoms with Gasteiger partial charge in [-0.3, -0.25) is 4.79 Å². The van der Waals surface area contributed by atoms with E-state index in [2.05, 4.69) is 15.9 Å². The second-order valence-corrected chi connectivity index (χ2v) is 12.4. The summed E-state index contributed by atoms with van der Waals surface area (Å²) in [7, 11) is 0.749. The van der Waals surface area contributed by atoms with Crippen LogP contribution in [0.4, 0.5) is 0 Å². The minimum atomic E-state index is -3.92. The molecule has 0 fully saturated rings. The zero-order chi connectivity index (χ0) is 27.7. The fourth-order valence-corrected chi connectivity index (χ4v) is 6.37. The molecule has 2 aromatic carbocycles. The summed E-state index contributed by atoms with van der Waals surface area (Å²) in [5.74, 6) is 0.962. The molecule has 8 nitrogen and oxygen atoms in total. The van der Waals surface area contributed by atoms with Crippen LogP contribution in [0.3, 0.4) is 0 Å². The van der Waals surface area contributed by atoms with Gasteiger partial charge in [0.25, 0.3) is 0 Å². The number of rotatable bonds is 14. The number of hydrogen-bond acceptors (Lipinski definition) is 7. The van der Waals surface area contributed by atoms with Crippen molar-refractivity contribution in [2.75, 3.05) is 47.6 Å². The van der Waals surface area contributed by atoms with E-state index in [4.69, 9.17) is 14.2 Å². The lowest BCUT2D eigenvalue weighted by molar-refractivity contribution is -0.132. The topological polar surface area (TPSA) is 85.4 Å². The van der Waals surface area contributed by atoms with Gasteiger partial charge in [0, 0.05) is 29.5 Å². The van der Waals surface area contributed by atoms with E-state index in [9.17, 15) is 13.2 Å². The van der Waals surface area contributed by atoms with Crippen molar-refractivity contribution in [1.29, 1.82) is 0 Å². The number of aryl methyl sites for hydroxylation is 1. The summed E-state index contributed by atoms with van der Waals surface area (Å²) in [6.07, 6.45) is 0.564. The second-order valence-electron chi connectivity index (χ2n) is 8.57. The number of nitrogens with zero attached hydrogens (tertiary/aromatic N) is 2. The Kier molecular flexibility index (Phi) is 11.2. The number of carbonyl (C=O) groups is 1. The van der Waals surface area contributed by atoms with Gasteiger partial charge in [-0.2, -0.15) is 4.31 Å². The molecule has 38 heavy (non-hydrogen) atoms. The molecule has 206 valence electrons. The molecule has 11 heteroatoms. The number of ether oxygens (including phenoxy) is 3. The zero-order valence-electron chi connectivity index (χ0n) is 22.0. The van der Waals surface area contributed by atoms with Gasteiger partial charge in [-0.15, -0.1) is 11.3 Å². The molecule has 1 amide bonds. The number of hydrogen-bond donors (Lipinski definition) is 0. The van der Waals surface area contributed by atoms with Crippen molar-refractivity contribution >= 4 is 43.2 Å². The Labute approximate surface area is 237 Å². The van der Waals surface area contributed by atoms with Crippen LogP contribution in [0.15, 0.2) is 63.3 Å². The molecule has 1 heterocycles. The molecule has 0 aliphatic rings. The van der Waals surface area contributed by atoms with Gasteiger partial charge in [0.05, 0.1) is 38.8 Å². The summed E-state index contributed by atoms with van der Waals surface area (Å²) in [6, 6.07) is 14.0. The van der Waals surface area contributed by atoms with Crippen LogP contribution >= 0.6 is 27.3 Å². The average Bonchev–Trinajstić information content (AvgIpc) is 3.32. The molecule has 0 N–H and O–H groups in total. The lowest BCUT2D eigenvalue weighted by Gasteiger charge is -2.27. The number of thiophene rings is 1. The Morgan fingerprint density at radius 3 is 2.29 bits per heavy atom. The quantitative estimate of drug-likeness (QED) is 0.257. The standard InChI is InChI=1S/C27H33BrN2O6S2/c1-20-12-16-37-26(20)18-29(13-11-21-5-10-24(35-3)25(17-21)36-4)27(31)19-30(14-15-34-2)38(32,33)23-8-6-22(28)7-9-23/h5-10,12,16-17H,11,13-15,18-19H2,1-4H3. The van der Waals surface area contributed by atoms with Crippen molar-refractivity contribution in [3.63, 3.8) is 0 Å². The first-order valence-corrected chi connectivity index (χ1v) is 15.1. The highest BCUT2D eigenvalue weighted by molar-refractivity contribution is 9.10. The molecule has 0 saturated carbocycles. The zero-order valence-corrected chi connectivity index (χ0v) is 25.2. The van der Waals surface area contributed by atoms with Gasteiger partial charge in [0.15, 0.2) is 11.5 Å². The van der Waals surface area contributed by atoms with Crippen LogP contribution < -0.4 is 9.47 Å². The molecule has 0 unspecified atom stereocenters. The van der Waals surface area contributed by atoms with Gasteiger partial charge in [-0.25, -0.2) is 8.42 Å². The van der Waals surface area contributed by atoms with E-state index in [1.807, 2.05) is 36.6 Å². The molecule has 3 aromatic rings. The van der Waals surface area contributed by atoms with Crippen molar-refractivity contribution in [3.05, 3.63) is 74.4 Å². The smallest absolute Gasteiger partial charge is 0.243 e. The number of halogens is 1. The molecule has 0 saturated heterocycles. The van der Waals surface area contributed by atoms with E-state index in [1.54, 1.807) is 42.6 Å². The minimum Gasteiger partial charge on any atom is -0.493 e. The van der Waals surface area contributed by atoms with Crippen LogP contribution in [-0.2, 0) is 32.5 Å². The molecule has 0 bridgehead atoms. The Hall–Kier alpha value is -2.44. The van der Waals surface area contributed by atoms with Crippen LogP contribution in [0.2, 0.25) is 0 Å². The Balaban J connectivity index is 1.84. The van der Waals surface area contributed by atoms with Crippen molar-refractivity contribution < 1.29 is 27.4 Å². The highest BCUT2D eigenvalue weighted by Crippen LogP contribution is 2.28. The highest BCUT2D eigenvalue weighted by Gasteiger charge is 2.28. The van der Waals surface area contributed by atoms with E-state index in [1.165, 1.54) is 23.5 Å². The Morgan fingerprint density at radius 2 is 1.68 bits per heavy atom. The molecule has 0 radical (unpaired) electrons. The lowest BCUT2D eigenvalue weighted by Crippen LogP contribution is -2.44. The monoisotopic (exact) mass is 624 g/mol. The van der Waals surface area contributed by atoms with Crippen molar-refractivity contribution in [2.24, 2.45) is 0 Å². The first kappa shape index (κ1) is 30.1. The number of methoxy groups -OCH3 is 3. The van der Waals surface area contributed by atoms with E-state index >= 15 is 0 Å². The maximum absolute atomic E-state index is 13.7. The predicted molar refractivity (Wildman–Crippen MR) is 152 cm³/mol. The SMILES string of the molecule is COCCN(CC(=O)N(CCc1ccc(OC)c(OC)c1)Cc1sccc1C)S(=O)(=O)c1ccc(Br)cc1. The molecular formula is C27H33BrN2O6S2. The summed E-state index contributed by atoms with van der Waals surface area (Å²) in [5, 5.41) is 1.99. The van der Waals surface area contributed by atoms with Gasteiger partial charge < -0.3 is 19.1 Å². The minimum absolute atomic E-state index is 0.0577. The Bertz CT molecular complexity index is 1310. The van der Waals surface area contributed by atoms with Gasteiger partial charge >= 0.3 is 0 Å². The van der Waals surface area contributed by atoms with Crippen LogP contribution in [0.1, 0.15) is 16.0 Å². The van der Waals surface area contributed by atoms with Gasteiger partial charge in [-0.05, 0) is 72.3 Å². The van der Waals surface area contributed by atoms with Gasteiger partial charge in [0.2, 0.25) is 15.9 Å². The molecule has 1 aromatic heterocycles. The van der Waals surface area contributed by atoms with Crippen LogP contribution in [0.25, 0.3) is 0 Å². The highest BCUT2D eigenvalue weighted by atomic mass is 79.9. The van der Waals surface area contributed by atoms with E-state index in [-0.39, 0.29) is 30.5 Å². The second kappa shape index (κ2) is 14.1. The van der Waals surface area contributed by atoms with Crippen molar-refractivity contribution in [1.82, 2.24) is 9.21 Å². The third-order valence-corrected chi connectivity index (χ3v) is 9.48. The lowest BCUT2D eigenvalue weighted by atomic mass is 10.1. The normalized spacial score (nSPS) is 11.5. The molecule has 0 atom stereocenters. The van der Waals surface area contributed by atoms with E-state index in [0.29, 0.717) is 31.0 Å². The fraction of sp³-hybridized carbons (Fsp3) is 0.370. The fourth-order valence-electron chi connectivity index (χ4n) is 3.82. The number of sulfonamides is 1. The van der Waals surface area contributed by atoms with Gasteiger partial charge in [0.1, 0.15) is 0 Å². The predicted octanol–water partition coefficient (Wildman–Crippen LogP) is 4.74. The molecular weight excluding hydrogens is 592 g/mol. The van der Waals surface area contributed by atoms with Crippen molar-refractivity contribution in [3.8, 4) is 11.5 Å². The number of benzene rings is 2. The molecule has 0 aliphatic carbocycles. The average molecular weight is 626 g/mol. The summed E-state index contributed by atoms with van der Waals surface area (Å²) in [4.78, 5) is 16.6.